The van der Waals surface area contributed by atoms with E-state index in [-0.39, 0.29) is 12.0 Å². The second-order valence-corrected chi connectivity index (χ2v) is 6.45. The van der Waals surface area contributed by atoms with Crippen LogP contribution in [0.2, 0.25) is 0 Å². The molecule has 1 aromatic carbocycles. The summed E-state index contributed by atoms with van der Waals surface area (Å²) in [4.78, 5) is 16.3. The van der Waals surface area contributed by atoms with Crippen molar-refractivity contribution in [3.8, 4) is 11.4 Å². The predicted octanol–water partition coefficient (Wildman–Crippen LogP) is 2.27. The van der Waals surface area contributed by atoms with Crippen molar-refractivity contribution in [3.05, 3.63) is 36.7 Å². The summed E-state index contributed by atoms with van der Waals surface area (Å²) in [6, 6.07) is 7.73. The third-order valence-electron chi connectivity index (χ3n) is 3.82. The molecule has 0 spiro atoms. The smallest absolute Gasteiger partial charge is 0.230 e. The number of carbonyl (C=O) groups excluding carboxylic acids is 1. The van der Waals surface area contributed by atoms with E-state index in [1.165, 1.54) is 11.8 Å². The van der Waals surface area contributed by atoms with Gasteiger partial charge in [0.1, 0.15) is 5.75 Å². The molecule has 128 valence electrons. The van der Waals surface area contributed by atoms with Crippen molar-refractivity contribution >= 4 is 17.7 Å². The van der Waals surface area contributed by atoms with Crippen LogP contribution in [0.4, 0.5) is 0 Å². The van der Waals surface area contributed by atoms with E-state index >= 15 is 0 Å². The molecule has 2 heterocycles. The zero-order valence-corrected chi connectivity index (χ0v) is 14.4. The Kier molecular flexibility index (Phi) is 5.77. The summed E-state index contributed by atoms with van der Waals surface area (Å²) >= 11 is 1.41. The number of hydrogen-bond donors (Lipinski definition) is 1. The van der Waals surface area contributed by atoms with E-state index in [0.29, 0.717) is 12.3 Å². The number of hydrogen-bond acceptors (Lipinski definition) is 5. The molecule has 6 nitrogen and oxygen atoms in total. The molecule has 3 rings (SSSR count). The molecule has 1 atom stereocenters. The Labute approximate surface area is 145 Å². The maximum absolute atomic E-state index is 12.0. The normalized spacial score (nSPS) is 17.0. The molecule has 1 N–H and O–H groups in total. The van der Waals surface area contributed by atoms with E-state index in [1.54, 1.807) is 13.3 Å². The van der Waals surface area contributed by atoms with Gasteiger partial charge in [-0.15, -0.1) is 0 Å². The molecule has 0 aliphatic carbocycles. The lowest BCUT2D eigenvalue weighted by Crippen LogP contribution is -2.32. The Bertz CT molecular complexity index is 683. The summed E-state index contributed by atoms with van der Waals surface area (Å²) < 4.78 is 12.7. The van der Waals surface area contributed by atoms with Gasteiger partial charge >= 0.3 is 0 Å². The van der Waals surface area contributed by atoms with Gasteiger partial charge in [0.05, 0.1) is 24.7 Å². The summed E-state index contributed by atoms with van der Waals surface area (Å²) in [6.45, 7) is 1.39. The maximum atomic E-state index is 12.0. The van der Waals surface area contributed by atoms with Crippen molar-refractivity contribution in [2.45, 2.75) is 24.1 Å². The van der Waals surface area contributed by atoms with Gasteiger partial charge in [0.25, 0.3) is 0 Å². The molecule has 1 unspecified atom stereocenters. The van der Waals surface area contributed by atoms with Crippen LogP contribution in [-0.2, 0) is 9.53 Å². The van der Waals surface area contributed by atoms with Gasteiger partial charge in [0.2, 0.25) is 5.91 Å². The van der Waals surface area contributed by atoms with Crippen molar-refractivity contribution in [1.29, 1.82) is 0 Å². The number of carbonyl (C=O) groups is 1. The minimum Gasteiger partial charge on any atom is -0.497 e. The lowest BCUT2D eigenvalue weighted by Gasteiger charge is -2.11. The van der Waals surface area contributed by atoms with Gasteiger partial charge in [-0.3, -0.25) is 9.36 Å². The number of ether oxygens (including phenoxy) is 2. The summed E-state index contributed by atoms with van der Waals surface area (Å²) in [5.41, 5.74) is 0.953. The number of methoxy groups -OCH3 is 1. The first kappa shape index (κ1) is 16.9. The van der Waals surface area contributed by atoms with Gasteiger partial charge in [-0.25, -0.2) is 4.98 Å². The van der Waals surface area contributed by atoms with Crippen molar-refractivity contribution < 1.29 is 14.3 Å². The first-order valence-corrected chi connectivity index (χ1v) is 8.93. The largest absolute Gasteiger partial charge is 0.497 e. The highest BCUT2D eigenvalue weighted by Gasteiger charge is 2.16. The maximum Gasteiger partial charge on any atom is 0.230 e. The zero-order valence-electron chi connectivity index (χ0n) is 13.6. The van der Waals surface area contributed by atoms with Crippen LogP contribution in [0.1, 0.15) is 12.8 Å². The van der Waals surface area contributed by atoms with E-state index in [9.17, 15) is 4.79 Å². The van der Waals surface area contributed by atoms with E-state index < -0.39 is 0 Å². The second-order valence-electron chi connectivity index (χ2n) is 5.51. The lowest BCUT2D eigenvalue weighted by molar-refractivity contribution is -0.119. The summed E-state index contributed by atoms with van der Waals surface area (Å²) in [5, 5.41) is 3.70. The average Bonchev–Trinajstić information content (AvgIpc) is 3.29. The number of aromatic nitrogens is 2. The quantitative estimate of drug-likeness (QED) is 0.779. The minimum absolute atomic E-state index is 0.00399. The molecule has 0 saturated carbocycles. The molecule has 1 aliphatic rings. The van der Waals surface area contributed by atoms with Gasteiger partial charge in [-0.2, -0.15) is 0 Å². The first-order chi connectivity index (χ1) is 11.8. The monoisotopic (exact) mass is 347 g/mol. The van der Waals surface area contributed by atoms with Crippen molar-refractivity contribution in [1.82, 2.24) is 14.9 Å². The number of nitrogens with zero attached hydrogens (tertiary/aromatic N) is 2. The van der Waals surface area contributed by atoms with Crippen molar-refractivity contribution in [2.75, 3.05) is 26.0 Å². The van der Waals surface area contributed by atoms with Crippen LogP contribution in [0.25, 0.3) is 5.69 Å². The standard InChI is InChI=1S/C17H21N3O3S/c1-22-14-5-2-4-13(10-14)20-8-7-18-17(20)24-12-16(21)19-11-15-6-3-9-23-15/h2,4-5,7-8,10,15H,3,6,9,11-12H2,1H3,(H,19,21). The Morgan fingerprint density at radius 3 is 3.25 bits per heavy atom. The van der Waals surface area contributed by atoms with E-state index in [0.717, 1.165) is 36.0 Å². The molecule has 0 bridgehead atoms. The van der Waals surface area contributed by atoms with Gasteiger partial charge in [-0.1, -0.05) is 17.8 Å². The van der Waals surface area contributed by atoms with Crippen molar-refractivity contribution in [2.24, 2.45) is 0 Å². The highest BCUT2D eigenvalue weighted by atomic mass is 32.2. The molecular weight excluding hydrogens is 326 g/mol. The molecule has 0 radical (unpaired) electrons. The van der Waals surface area contributed by atoms with Crippen molar-refractivity contribution in [3.63, 3.8) is 0 Å². The lowest BCUT2D eigenvalue weighted by atomic mass is 10.2. The number of amides is 1. The fourth-order valence-electron chi connectivity index (χ4n) is 2.57. The summed E-state index contributed by atoms with van der Waals surface area (Å²) in [7, 11) is 1.64. The molecule has 24 heavy (non-hydrogen) atoms. The third-order valence-corrected chi connectivity index (χ3v) is 4.79. The summed E-state index contributed by atoms with van der Waals surface area (Å²) in [6.07, 6.45) is 5.87. The zero-order chi connectivity index (χ0) is 16.8. The van der Waals surface area contributed by atoms with E-state index in [2.05, 4.69) is 10.3 Å². The van der Waals surface area contributed by atoms with Crippen LogP contribution in [0, 0.1) is 0 Å². The fourth-order valence-corrected chi connectivity index (χ4v) is 3.37. The van der Waals surface area contributed by atoms with Crippen LogP contribution in [0.3, 0.4) is 0 Å². The molecular formula is C17H21N3O3S. The highest BCUT2D eigenvalue weighted by Crippen LogP contribution is 2.23. The molecule has 1 aliphatic heterocycles. The number of thioether (sulfide) groups is 1. The van der Waals surface area contributed by atoms with Crippen LogP contribution in [0.15, 0.2) is 41.8 Å². The van der Waals surface area contributed by atoms with Gasteiger partial charge in [0, 0.05) is 31.6 Å². The van der Waals surface area contributed by atoms with E-state index in [4.69, 9.17) is 9.47 Å². The van der Waals surface area contributed by atoms with Crippen LogP contribution in [-0.4, -0.2) is 47.6 Å². The van der Waals surface area contributed by atoms with Gasteiger partial charge in [0.15, 0.2) is 5.16 Å². The topological polar surface area (TPSA) is 65.4 Å². The fraction of sp³-hybridized carbons (Fsp3) is 0.412. The SMILES string of the molecule is COc1cccc(-n2ccnc2SCC(=O)NCC2CCCO2)c1. The Balaban J connectivity index is 1.56. The molecule has 1 amide bonds. The van der Waals surface area contributed by atoms with Gasteiger partial charge in [-0.05, 0) is 25.0 Å². The van der Waals surface area contributed by atoms with Crippen LogP contribution < -0.4 is 10.1 Å². The molecule has 1 aromatic heterocycles. The van der Waals surface area contributed by atoms with Crippen LogP contribution in [0.5, 0.6) is 5.75 Å². The average molecular weight is 347 g/mol. The Morgan fingerprint density at radius 2 is 2.46 bits per heavy atom. The van der Waals surface area contributed by atoms with Crippen LogP contribution >= 0.6 is 11.8 Å². The Morgan fingerprint density at radius 1 is 1.54 bits per heavy atom. The van der Waals surface area contributed by atoms with E-state index in [1.807, 2.05) is 35.0 Å². The molecule has 1 fully saturated rings. The Hall–Kier alpha value is -1.99. The number of imidazole rings is 1. The minimum atomic E-state index is -0.00399. The highest BCUT2D eigenvalue weighted by molar-refractivity contribution is 7.99. The predicted molar refractivity (Wildman–Crippen MR) is 92.8 cm³/mol. The molecule has 1 saturated heterocycles. The first-order valence-electron chi connectivity index (χ1n) is 7.95. The summed E-state index contributed by atoms with van der Waals surface area (Å²) in [5.74, 6) is 1.11. The van der Waals surface area contributed by atoms with Gasteiger partial charge < -0.3 is 14.8 Å². The molecule has 7 heteroatoms. The second kappa shape index (κ2) is 8.21. The number of rotatable bonds is 7. The third kappa shape index (κ3) is 4.30. The molecule has 2 aromatic rings. The number of nitrogens with one attached hydrogen (secondary N) is 1. The number of benzene rings is 1.